The average molecular weight is 250 g/mol. The first kappa shape index (κ1) is 12.2. The van der Waals surface area contributed by atoms with Crippen LogP contribution in [0.1, 0.15) is 29.7 Å². The quantitative estimate of drug-likeness (QED) is 0.866. The normalized spacial score (nSPS) is 14.5. The Labute approximate surface area is 104 Å². The van der Waals surface area contributed by atoms with E-state index in [-0.39, 0.29) is 6.61 Å². The van der Waals surface area contributed by atoms with Gasteiger partial charge >= 0.3 is 0 Å². The summed E-state index contributed by atoms with van der Waals surface area (Å²) in [5, 5.41) is 22.2. The minimum absolute atomic E-state index is 0.133. The highest BCUT2D eigenvalue weighted by atomic mass is 32.1. The Hall–Kier alpha value is -1.30. The van der Waals surface area contributed by atoms with Gasteiger partial charge in [-0.1, -0.05) is 13.0 Å². The summed E-state index contributed by atoms with van der Waals surface area (Å²) in [5.41, 5.74) is -0.0910. The van der Waals surface area contributed by atoms with Gasteiger partial charge in [0.2, 0.25) is 0 Å². The molecule has 2 rings (SSSR count). The van der Waals surface area contributed by atoms with E-state index in [1.807, 2.05) is 12.3 Å². The summed E-state index contributed by atoms with van der Waals surface area (Å²) in [6.45, 7) is 1.75. The molecule has 2 aromatic rings. The lowest BCUT2D eigenvalue weighted by atomic mass is 9.96. The van der Waals surface area contributed by atoms with Crippen LogP contribution in [0.15, 0.2) is 29.8 Å². The predicted octanol–water partition coefficient (Wildman–Crippen LogP) is 1.68. The van der Waals surface area contributed by atoms with Gasteiger partial charge in [-0.3, -0.25) is 4.98 Å². The van der Waals surface area contributed by atoms with Crippen molar-refractivity contribution in [3.63, 3.8) is 0 Å². The lowest BCUT2D eigenvalue weighted by Gasteiger charge is -2.24. The smallest absolute Gasteiger partial charge is 0.157 e. The Morgan fingerprint density at radius 3 is 2.82 bits per heavy atom. The molecule has 2 heterocycles. The van der Waals surface area contributed by atoms with Crippen LogP contribution in [0.2, 0.25) is 0 Å². The molecule has 0 radical (unpaired) electrons. The van der Waals surface area contributed by atoms with Crippen LogP contribution in [-0.2, 0) is 12.2 Å². The van der Waals surface area contributed by atoms with Crippen molar-refractivity contribution in [1.29, 1.82) is 0 Å². The molecule has 0 aliphatic rings. The Morgan fingerprint density at radius 1 is 1.41 bits per heavy atom. The molecule has 0 saturated carbocycles. The zero-order valence-electron chi connectivity index (χ0n) is 9.50. The lowest BCUT2D eigenvalue weighted by Crippen LogP contribution is -2.27. The minimum Gasteiger partial charge on any atom is -0.390 e. The molecular formula is C12H14N2O2S. The molecule has 0 bridgehead atoms. The van der Waals surface area contributed by atoms with Crippen molar-refractivity contribution >= 4 is 11.3 Å². The molecule has 0 aliphatic carbocycles. The van der Waals surface area contributed by atoms with Crippen molar-refractivity contribution in [3.05, 3.63) is 46.2 Å². The second-order valence-corrected chi connectivity index (χ2v) is 4.62. The number of aromatic nitrogens is 2. The third kappa shape index (κ3) is 2.22. The number of aliphatic hydroxyl groups is 2. The molecule has 0 amide bonds. The van der Waals surface area contributed by atoms with Crippen LogP contribution in [0.3, 0.4) is 0 Å². The maximum Gasteiger partial charge on any atom is 0.157 e. The summed E-state index contributed by atoms with van der Waals surface area (Å²) in [5.74, 6) is 0. The van der Waals surface area contributed by atoms with Gasteiger partial charge in [0.1, 0.15) is 5.01 Å². The number of rotatable bonds is 4. The van der Waals surface area contributed by atoms with Crippen LogP contribution in [0.4, 0.5) is 0 Å². The molecule has 1 unspecified atom stereocenters. The number of hydrogen-bond acceptors (Lipinski definition) is 5. The van der Waals surface area contributed by atoms with E-state index in [0.717, 1.165) is 0 Å². The maximum atomic E-state index is 10.7. The summed E-state index contributed by atoms with van der Waals surface area (Å²) in [7, 11) is 0. The molecule has 2 aromatic heterocycles. The van der Waals surface area contributed by atoms with Crippen molar-refractivity contribution in [2.45, 2.75) is 25.6 Å². The monoisotopic (exact) mass is 250 g/mol. The van der Waals surface area contributed by atoms with Crippen LogP contribution < -0.4 is 0 Å². The SMILES string of the molecule is CCC(O)(c1cccc(CO)n1)c1nccs1. The van der Waals surface area contributed by atoms with E-state index in [1.165, 1.54) is 11.3 Å². The standard InChI is InChI=1S/C12H14N2O2S/c1-2-12(16,11-13-6-7-17-11)10-5-3-4-9(8-15)14-10/h3-7,15-16H,2,8H2,1H3. The van der Waals surface area contributed by atoms with E-state index in [0.29, 0.717) is 22.8 Å². The van der Waals surface area contributed by atoms with Crippen molar-refractivity contribution in [2.24, 2.45) is 0 Å². The topological polar surface area (TPSA) is 66.2 Å². The fraction of sp³-hybridized carbons (Fsp3) is 0.333. The highest BCUT2D eigenvalue weighted by Gasteiger charge is 2.33. The summed E-state index contributed by atoms with van der Waals surface area (Å²) < 4.78 is 0. The molecule has 1 atom stereocenters. The van der Waals surface area contributed by atoms with Gasteiger partial charge in [0.15, 0.2) is 5.60 Å². The number of pyridine rings is 1. The van der Waals surface area contributed by atoms with E-state index >= 15 is 0 Å². The fourth-order valence-corrected chi connectivity index (χ4v) is 2.48. The van der Waals surface area contributed by atoms with Gasteiger partial charge in [0, 0.05) is 11.6 Å². The van der Waals surface area contributed by atoms with Crippen molar-refractivity contribution in [1.82, 2.24) is 9.97 Å². The highest BCUT2D eigenvalue weighted by Crippen LogP contribution is 2.32. The molecule has 0 fully saturated rings. The van der Waals surface area contributed by atoms with Crippen molar-refractivity contribution in [3.8, 4) is 0 Å². The van der Waals surface area contributed by atoms with Crippen LogP contribution >= 0.6 is 11.3 Å². The predicted molar refractivity (Wildman–Crippen MR) is 65.6 cm³/mol. The fourth-order valence-electron chi connectivity index (χ4n) is 1.67. The van der Waals surface area contributed by atoms with Crippen molar-refractivity contribution in [2.75, 3.05) is 0 Å². The second-order valence-electron chi connectivity index (χ2n) is 3.72. The van der Waals surface area contributed by atoms with Gasteiger partial charge in [0.25, 0.3) is 0 Å². The molecule has 90 valence electrons. The van der Waals surface area contributed by atoms with E-state index in [2.05, 4.69) is 9.97 Å². The molecule has 17 heavy (non-hydrogen) atoms. The van der Waals surface area contributed by atoms with Gasteiger partial charge in [0.05, 0.1) is 18.0 Å². The molecular weight excluding hydrogens is 236 g/mol. The summed E-state index contributed by atoms with van der Waals surface area (Å²) >= 11 is 1.40. The van der Waals surface area contributed by atoms with Crippen LogP contribution in [0, 0.1) is 0 Å². The zero-order valence-corrected chi connectivity index (χ0v) is 10.3. The van der Waals surface area contributed by atoms with Crippen LogP contribution in [0.5, 0.6) is 0 Å². The lowest BCUT2D eigenvalue weighted by molar-refractivity contribution is 0.0711. The Kier molecular flexibility index (Phi) is 3.51. The highest BCUT2D eigenvalue weighted by molar-refractivity contribution is 7.09. The first-order chi connectivity index (χ1) is 8.20. The second kappa shape index (κ2) is 4.91. The Bertz CT molecular complexity index is 487. The third-order valence-corrected chi connectivity index (χ3v) is 3.61. The molecule has 5 heteroatoms. The average Bonchev–Trinajstić information content (AvgIpc) is 2.92. The van der Waals surface area contributed by atoms with Crippen LogP contribution in [0.25, 0.3) is 0 Å². The van der Waals surface area contributed by atoms with E-state index in [4.69, 9.17) is 5.11 Å². The summed E-state index contributed by atoms with van der Waals surface area (Å²) in [6, 6.07) is 5.26. The molecule has 4 nitrogen and oxygen atoms in total. The van der Waals surface area contributed by atoms with Crippen molar-refractivity contribution < 1.29 is 10.2 Å². The molecule has 2 N–H and O–H groups in total. The van der Waals surface area contributed by atoms with Gasteiger partial charge < -0.3 is 10.2 Å². The molecule has 0 aliphatic heterocycles. The molecule has 0 spiro atoms. The molecule has 0 saturated heterocycles. The number of hydrogen-bond donors (Lipinski definition) is 2. The summed E-state index contributed by atoms with van der Waals surface area (Å²) in [4.78, 5) is 8.41. The Morgan fingerprint density at radius 2 is 2.24 bits per heavy atom. The number of thiazole rings is 1. The molecule has 0 aromatic carbocycles. The number of nitrogens with zero attached hydrogens (tertiary/aromatic N) is 2. The van der Waals surface area contributed by atoms with E-state index < -0.39 is 5.60 Å². The first-order valence-electron chi connectivity index (χ1n) is 5.40. The maximum absolute atomic E-state index is 10.7. The zero-order chi connectivity index (χ0) is 12.3. The van der Waals surface area contributed by atoms with Gasteiger partial charge in [-0.05, 0) is 18.6 Å². The first-order valence-corrected chi connectivity index (χ1v) is 6.28. The van der Waals surface area contributed by atoms with E-state index in [1.54, 1.807) is 24.4 Å². The van der Waals surface area contributed by atoms with Gasteiger partial charge in [-0.25, -0.2) is 4.98 Å². The minimum atomic E-state index is -1.17. The van der Waals surface area contributed by atoms with Gasteiger partial charge in [-0.15, -0.1) is 11.3 Å². The van der Waals surface area contributed by atoms with E-state index in [9.17, 15) is 5.11 Å². The third-order valence-electron chi connectivity index (χ3n) is 2.69. The summed E-state index contributed by atoms with van der Waals surface area (Å²) in [6.07, 6.45) is 2.15. The van der Waals surface area contributed by atoms with Crippen LogP contribution in [-0.4, -0.2) is 20.2 Å². The number of aliphatic hydroxyl groups excluding tert-OH is 1. The largest absolute Gasteiger partial charge is 0.390 e. The van der Waals surface area contributed by atoms with Gasteiger partial charge in [-0.2, -0.15) is 0 Å². The Balaban J connectivity index is 2.47.